The van der Waals surface area contributed by atoms with Gasteiger partial charge in [-0.2, -0.15) is 0 Å². The summed E-state index contributed by atoms with van der Waals surface area (Å²) in [6.45, 7) is 0.864. The molecule has 0 bridgehead atoms. The van der Waals surface area contributed by atoms with Gasteiger partial charge in [-0.15, -0.1) is 0 Å². The monoisotopic (exact) mass is 300 g/mol. The van der Waals surface area contributed by atoms with Gasteiger partial charge >= 0.3 is 0 Å². The molecule has 22 heavy (non-hydrogen) atoms. The van der Waals surface area contributed by atoms with E-state index >= 15 is 0 Å². The molecule has 2 heterocycles. The summed E-state index contributed by atoms with van der Waals surface area (Å²) in [4.78, 5) is 29.3. The Hall–Kier alpha value is -2.14. The standard InChI is InChI=1S/C17H20N2O3/c20-10-4-6-12-5-3-9-19(12)17(22)14-11-16(21)18-15-8-2-1-7-13(14)15/h1-2,7-8,11-12,20H,3-6,9-10H2,(H,18,21). The number of rotatable bonds is 4. The maximum Gasteiger partial charge on any atom is 0.254 e. The zero-order valence-electron chi connectivity index (χ0n) is 12.4. The van der Waals surface area contributed by atoms with Crippen LogP contribution in [0.5, 0.6) is 0 Å². The highest BCUT2D eigenvalue weighted by molar-refractivity contribution is 6.06. The number of hydrogen-bond acceptors (Lipinski definition) is 3. The zero-order valence-corrected chi connectivity index (χ0v) is 12.4. The first-order valence-corrected chi connectivity index (χ1v) is 7.74. The van der Waals surface area contributed by atoms with Crippen molar-refractivity contribution in [2.24, 2.45) is 0 Å². The smallest absolute Gasteiger partial charge is 0.254 e. The van der Waals surface area contributed by atoms with Gasteiger partial charge in [0.15, 0.2) is 0 Å². The van der Waals surface area contributed by atoms with Crippen LogP contribution in [0.3, 0.4) is 0 Å². The molecule has 1 fully saturated rings. The molecule has 0 saturated carbocycles. The van der Waals surface area contributed by atoms with Gasteiger partial charge in [0.2, 0.25) is 5.56 Å². The van der Waals surface area contributed by atoms with Crippen molar-refractivity contribution in [3.05, 3.63) is 46.2 Å². The molecule has 5 heteroatoms. The van der Waals surface area contributed by atoms with Gasteiger partial charge in [0.25, 0.3) is 5.91 Å². The fraction of sp³-hybridized carbons (Fsp3) is 0.412. The zero-order chi connectivity index (χ0) is 15.5. The third kappa shape index (κ3) is 2.76. The summed E-state index contributed by atoms with van der Waals surface area (Å²) in [5, 5.41) is 9.78. The molecule has 1 aromatic heterocycles. The first-order chi connectivity index (χ1) is 10.7. The second kappa shape index (κ2) is 6.32. The molecule has 1 aromatic carbocycles. The minimum Gasteiger partial charge on any atom is -0.396 e. The highest BCUT2D eigenvalue weighted by Gasteiger charge is 2.29. The SMILES string of the molecule is O=C(c1cc(=O)[nH]c2ccccc12)N1CCCC1CCCO. The quantitative estimate of drug-likeness (QED) is 0.906. The molecular weight excluding hydrogens is 280 g/mol. The van der Waals surface area contributed by atoms with E-state index in [1.165, 1.54) is 6.07 Å². The molecule has 0 radical (unpaired) electrons. The first kappa shape index (κ1) is 14.8. The van der Waals surface area contributed by atoms with Crippen molar-refractivity contribution in [3.63, 3.8) is 0 Å². The topological polar surface area (TPSA) is 73.4 Å². The van der Waals surface area contributed by atoms with E-state index in [9.17, 15) is 9.59 Å². The third-order valence-corrected chi connectivity index (χ3v) is 4.31. The van der Waals surface area contributed by atoms with Gasteiger partial charge in [-0.25, -0.2) is 0 Å². The number of nitrogens with one attached hydrogen (secondary N) is 1. The Balaban J connectivity index is 1.96. The molecule has 1 aliphatic rings. The van der Waals surface area contributed by atoms with E-state index in [1.807, 2.05) is 23.1 Å². The number of nitrogens with zero attached hydrogens (tertiary/aromatic N) is 1. The summed E-state index contributed by atoms with van der Waals surface area (Å²) < 4.78 is 0. The number of carbonyl (C=O) groups is 1. The van der Waals surface area contributed by atoms with Crippen molar-refractivity contribution < 1.29 is 9.90 Å². The minimum absolute atomic E-state index is 0.0808. The predicted octanol–water partition coefficient (Wildman–Crippen LogP) is 1.91. The molecule has 1 saturated heterocycles. The molecule has 1 aliphatic heterocycles. The van der Waals surface area contributed by atoms with E-state index in [-0.39, 0.29) is 24.1 Å². The predicted molar refractivity (Wildman–Crippen MR) is 84.9 cm³/mol. The maximum atomic E-state index is 12.9. The number of para-hydroxylation sites is 1. The fourth-order valence-electron chi connectivity index (χ4n) is 3.27. The molecule has 3 rings (SSSR count). The Morgan fingerprint density at radius 1 is 1.36 bits per heavy atom. The van der Waals surface area contributed by atoms with E-state index in [1.54, 1.807) is 6.07 Å². The van der Waals surface area contributed by atoms with E-state index in [0.29, 0.717) is 17.5 Å². The van der Waals surface area contributed by atoms with Crippen molar-refractivity contribution in [2.75, 3.05) is 13.2 Å². The van der Waals surface area contributed by atoms with Crippen LogP contribution in [0.2, 0.25) is 0 Å². The van der Waals surface area contributed by atoms with Crippen LogP contribution in [-0.4, -0.2) is 40.1 Å². The fourth-order valence-corrected chi connectivity index (χ4v) is 3.27. The van der Waals surface area contributed by atoms with E-state index in [4.69, 9.17) is 5.11 Å². The summed E-state index contributed by atoms with van der Waals surface area (Å²) in [5.74, 6) is -0.0808. The maximum absolute atomic E-state index is 12.9. The number of aliphatic hydroxyl groups is 1. The molecule has 1 amide bonds. The number of aromatic amines is 1. The van der Waals surface area contributed by atoms with Crippen LogP contribution in [0.15, 0.2) is 35.1 Å². The number of aliphatic hydroxyl groups excluding tert-OH is 1. The Bertz CT molecular complexity index is 738. The lowest BCUT2D eigenvalue weighted by Crippen LogP contribution is -2.36. The van der Waals surface area contributed by atoms with Gasteiger partial charge in [-0.05, 0) is 31.7 Å². The van der Waals surface area contributed by atoms with Gasteiger partial charge in [0.05, 0.1) is 5.56 Å². The van der Waals surface area contributed by atoms with Crippen LogP contribution >= 0.6 is 0 Å². The molecule has 1 atom stereocenters. The lowest BCUT2D eigenvalue weighted by molar-refractivity contribution is 0.0726. The summed E-state index contributed by atoms with van der Waals surface area (Å²) in [5.41, 5.74) is 0.896. The van der Waals surface area contributed by atoms with Gasteiger partial charge in [-0.3, -0.25) is 9.59 Å². The second-order valence-electron chi connectivity index (χ2n) is 5.75. The number of hydrogen-bond donors (Lipinski definition) is 2. The number of H-pyrrole nitrogens is 1. The van der Waals surface area contributed by atoms with E-state index in [2.05, 4.69) is 4.98 Å². The molecular formula is C17H20N2O3. The average molecular weight is 300 g/mol. The Labute approximate surface area is 128 Å². The van der Waals surface area contributed by atoms with Crippen molar-refractivity contribution >= 4 is 16.8 Å². The minimum atomic E-state index is -0.256. The van der Waals surface area contributed by atoms with E-state index in [0.717, 1.165) is 31.2 Å². The molecule has 2 aromatic rings. The van der Waals surface area contributed by atoms with Crippen LogP contribution in [-0.2, 0) is 0 Å². The number of carbonyl (C=O) groups excluding carboxylic acids is 1. The lowest BCUT2D eigenvalue weighted by Gasteiger charge is -2.25. The van der Waals surface area contributed by atoms with Crippen LogP contribution in [0.25, 0.3) is 10.9 Å². The summed E-state index contributed by atoms with van der Waals surface area (Å²) >= 11 is 0. The van der Waals surface area contributed by atoms with Gasteiger partial charge in [-0.1, -0.05) is 18.2 Å². The van der Waals surface area contributed by atoms with Crippen molar-refractivity contribution in [2.45, 2.75) is 31.7 Å². The number of amides is 1. The molecule has 0 aliphatic carbocycles. The highest BCUT2D eigenvalue weighted by atomic mass is 16.3. The number of benzene rings is 1. The summed E-state index contributed by atoms with van der Waals surface area (Å²) in [6.07, 6.45) is 3.45. The van der Waals surface area contributed by atoms with Crippen molar-refractivity contribution in [1.82, 2.24) is 9.88 Å². The van der Waals surface area contributed by atoms with Crippen LogP contribution in [0.4, 0.5) is 0 Å². The molecule has 2 N–H and O–H groups in total. The summed E-state index contributed by atoms with van der Waals surface area (Å²) in [7, 11) is 0. The Morgan fingerprint density at radius 2 is 2.18 bits per heavy atom. The number of pyridine rings is 1. The molecule has 116 valence electrons. The largest absolute Gasteiger partial charge is 0.396 e. The second-order valence-corrected chi connectivity index (χ2v) is 5.75. The molecule has 1 unspecified atom stereocenters. The van der Waals surface area contributed by atoms with Crippen molar-refractivity contribution in [1.29, 1.82) is 0 Å². The lowest BCUT2D eigenvalue weighted by atomic mass is 10.1. The van der Waals surface area contributed by atoms with Crippen LogP contribution in [0.1, 0.15) is 36.0 Å². The number of likely N-dealkylation sites (tertiary alicyclic amines) is 1. The number of aromatic nitrogens is 1. The van der Waals surface area contributed by atoms with E-state index < -0.39 is 0 Å². The van der Waals surface area contributed by atoms with Crippen LogP contribution in [0, 0.1) is 0 Å². The van der Waals surface area contributed by atoms with Gasteiger partial charge in [0.1, 0.15) is 0 Å². The third-order valence-electron chi connectivity index (χ3n) is 4.31. The first-order valence-electron chi connectivity index (χ1n) is 7.74. The molecule has 5 nitrogen and oxygen atoms in total. The van der Waals surface area contributed by atoms with Gasteiger partial charge in [0, 0.05) is 36.2 Å². The normalized spacial score (nSPS) is 18.0. The average Bonchev–Trinajstić information content (AvgIpc) is 2.99. The molecule has 0 spiro atoms. The Kier molecular flexibility index (Phi) is 4.24. The van der Waals surface area contributed by atoms with Crippen LogP contribution < -0.4 is 5.56 Å². The number of fused-ring (bicyclic) bond motifs is 1. The Morgan fingerprint density at radius 3 is 3.00 bits per heavy atom. The summed E-state index contributed by atoms with van der Waals surface area (Å²) in [6, 6.07) is 8.93. The highest BCUT2D eigenvalue weighted by Crippen LogP contribution is 2.25. The van der Waals surface area contributed by atoms with Crippen molar-refractivity contribution in [3.8, 4) is 0 Å². The van der Waals surface area contributed by atoms with Gasteiger partial charge < -0.3 is 15.0 Å².